The molecule has 1 saturated heterocycles. The van der Waals surface area contributed by atoms with Gasteiger partial charge >= 0.3 is 13.1 Å². The highest BCUT2D eigenvalue weighted by atomic mass is 16.7. The topological polar surface area (TPSA) is 89.3 Å². The smallest absolute Gasteiger partial charge is 0.494 e. The van der Waals surface area contributed by atoms with Crippen molar-refractivity contribution in [1.82, 2.24) is 5.16 Å². The summed E-state index contributed by atoms with van der Waals surface area (Å²) < 4.78 is 33.8. The maximum Gasteiger partial charge on any atom is 0.494 e. The molecule has 34 heavy (non-hydrogen) atoms. The van der Waals surface area contributed by atoms with Crippen LogP contribution in [-0.4, -0.2) is 49.8 Å². The van der Waals surface area contributed by atoms with Gasteiger partial charge in [0.2, 0.25) is 0 Å². The Morgan fingerprint density at radius 1 is 1.00 bits per heavy atom. The lowest BCUT2D eigenvalue weighted by Crippen LogP contribution is -2.41. The number of hydrogen-bond acceptors (Lipinski definition) is 8. The number of nitrogens with zero attached hydrogens (tertiary/aromatic N) is 1. The molecular formula is C25H36BNO7. The van der Waals surface area contributed by atoms with E-state index in [2.05, 4.69) is 5.16 Å². The van der Waals surface area contributed by atoms with Crippen LogP contribution in [0.2, 0.25) is 0 Å². The van der Waals surface area contributed by atoms with Crippen LogP contribution in [0.4, 0.5) is 0 Å². The third-order valence-electron chi connectivity index (χ3n) is 6.40. The minimum atomic E-state index is -0.501. The van der Waals surface area contributed by atoms with Gasteiger partial charge in [0.25, 0.3) is 5.88 Å². The zero-order valence-corrected chi connectivity index (χ0v) is 21.3. The fourth-order valence-corrected chi connectivity index (χ4v) is 3.60. The predicted octanol–water partition coefficient (Wildman–Crippen LogP) is 4.12. The van der Waals surface area contributed by atoms with Gasteiger partial charge in [-0.2, -0.15) is 0 Å². The first-order valence-corrected chi connectivity index (χ1v) is 11.8. The van der Waals surface area contributed by atoms with Gasteiger partial charge in [0, 0.05) is 6.07 Å². The molecule has 1 aromatic carbocycles. The van der Waals surface area contributed by atoms with Crippen LogP contribution in [-0.2, 0) is 18.8 Å². The second kappa shape index (κ2) is 10.8. The van der Waals surface area contributed by atoms with Gasteiger partial charge in [-0.15, -0.1) is 0 Å². The number of unbranched alkanes of at least 4 members (excludes halogenated alkanes) is 1. The van der Waals surface area contributed by atoms with Crippen molar-refractivity contribution in [1.29, 1.82) is 0 Å². The van der Waals surface area contributed by atoms with Crippen molar-refractivity contribution in [2.75, 3.05) is 20.3 Å². The Hall–Kier alpha value is -2.52. The third kappa shape index (κ3) is 6.13. The Morgan fingerprint density at radius 2 is 1.59 bits per heavy atom. The van der Waals surface area contributed by atoms with Crippen LogP contribution in [0.15, 0.2) is 34.9 Å². The van der Waals surface area contributed by atoms with Crippen molar-refractivity contribution in [2.24, 2.45) is 5.92 Å². The van der Waals surface area contributed by atoms with Crippen LogP contribution in [0.3, 0.4) is 0 Å². The molecule has 186 valence electrons. The Balaban J connectivity index is 1.38. The molecule has 0 spiro atoms. The van der Waals surface area contributed by atoms with E-state index in [1.165, 1.54) is 7.11 Å². The van der Waals surface area contributed by atoms with Crippen LogP contribution in [0.1, 0.15) is 66.1 Å². The van der Waals surface area contributed by atoms with E-state index in [-0.39, 0.29) is 30.2 Å². The number of rotatable bonds is 11. The molecule has 0 N–H and O–H groups in total. The molecule has 1 aliphatic heterocycles. The summed E-state index contributed by atoms with van der Waals surface area (Å²) in [4.78, 5) is 12.0. The molecule has 1 aromatic heterocycles. The maximum atomic E-state index is 12.0. The van der Waals surface area contributed by atoms with Gasteiger partial charge in [-0.3, -0.25) is 4.79 Å². The summed E-state index contributed by atoms with van der Waals surface area (Å²) in [5.41, 5.74) is 0.248. The first-order valence-electron chi connectivity index (χ1n) is 11.8. The lowest BCUT2D eigenvalue weighted by Gasteiger charge is -2.32. The maximum absolute atomic E-state index is 12.0. The number of ether oxygens (including phenoxy) is 3. The number of carbonyl (C=O) groups excluding carboxylic acids is 1. The molecule has 1 aliphatic rings. The van der Waals surface area contributed by atoms with Crippen LogP contribution >= 0.6 is 0 Å². The first kappa shape index (κ1) is 26.1. The lowest BCUT2D eigenvalue weighted by atomic mass is 9.79. The summed E-state index contributed by atoms with van der Waals surface area (Å²) in [7, 11) is 0.985. The van der Waals surface area contributed by atoms with Crippen molar-refractivity contribution in [3.63, 3.8) is 0 Å². The van der Waals surface area contributed by atoms with E-state index >= 15 is 0 Å². The number of esters is 1. The Kier molecular flexibility index (Phi) is 8.31. The molecule has 9 heteroatoms. The lowest BCUT2D eigenvalue weighted by molar-refractivity contribution is -0.144. The van der Waals surface area contributed by atoms with E-state index in [9.17, 15) is 4.79 Å². The highest BCUT2D eigenvalue weighted by Crippen LogP contribution is 2.36. The van der Waals surface area contributed by atoms with Gasteiger partial charge in [-0.1, -0.05) is 26.0 Å². The molecule has 0 aliphatic carbocycles. The monoisotopic (exact) mass is 473 g/mol. The van der Waals surface area contributed by atoms with E-state index in [1.807, 2.05) is 65.8 Å². The van der Waals surface area contributed by atoms with E-state index < -0.39 is 5.92 Å². The molecule has 1 fully saturated rings. The summed E-state index contributed by atoms with van der Waals surface area (Å²) in [6, 6.07) is 9.46. The van der Waals surface area contributed by atoms with Crippen molar-refractivity contribution in [3.05, 3.63) is 36.1 Å². The summed E-state index contributed by atoms with van der Waals surface area (Å²) >= 11 is 0. The molecule has 2 heterocycles. The van der Waals surface area contributed by atoms with E-state index in [1.54, 1.807) is 6.07 Å². The standard InChI is InChI=1S/C25H36BNO7/c1-17(2)22(23(28)29-7)20-16-21(27-32-20)31-15-9-8-14-30-19-12-10-18(11-13-19)26-33-24(3,4)25(5,6)34-26/h10-13,16-17,22H,8-9,14-15H2,1-7H3. The van der Waals surface area contributed by atoms with Gasteiger partial charge in [-0.05, 0) is 69.2 Å². The number of hydrogen-bond donors (Lipinski definition) is 0. The van der Waals surface area contributed by atoms with Gasteiger partial charge in [0.1, 0.15) is 11.7 Å². The van der Waals surface area contributed by atoms with Crippen molar-refractivity contribution < 1.29 is 32.8 Å². The number of benzene rings is 1. The van der Waals surface area contributed by atoms with Crippen LogP contribution < -0.4 is 14.9 Å². The third-order valence-corrected chi connectivity index (χ3v) is 6.40. The van der Waals surface area contributed by atoms with Gasteiger partial charge in [-0.25, -0.2) is 0 Å². The average Bonchev–Trinajstić information content (AvgIpc) is 3.31. The van der Waals surface area contributed by atoms with E-state index in [4.69, 9.17) is 28.0 Å². The first-order chi connectivity index (χ1) is 16.0. The summed E-state index contributed by atoms with van der Waals surface area (Å²) in [5.74, 6) is 0.785. The zero-order chi connectivity index (χ0) is 24.9. The largest absolute Gasteiger partial charge is 0.494 e. The molecule has 1 unspecified atom stereocenters. The average molecular weight is 473 g/mol. The van der Waals surface area contributed by atoms with Gasteiger partial charge in [0.15, 0.2) is 5.76 Å². The Bertz CT molecular complexity index is 923. The predicted molar refractivity (Wildman–Crippen MR) is 128 cm³/mol. The van der Waals surface area contributed by atoms with E-state index in [0.29, 0.717) is 24.9 Å². The minimum absolute atomic E-state index is 0.0244. The molecule has 1 atom stereocenters. The highest BCUT2D eigenvalue weighted by molar-refractivity contribution is 6.62. The summed E-state index contributed by atoms with van der Waals surface area (Å²) in [6.07, 6.45) is 1.61. The van der Waals surface area contributed by atoms with Crippen molar-refractivity contribution in [2.45, 2.75) is 71.5 Å². The van der Waals surface area contributed by atoms with Crippen molar-refractivity contribution in [3.8, 4) is 11.6 Å². The van der Waals surface area contributed by atoms with Crippen LogP contribution in [0.25, 0.3) is 0 Å². The second-order valence-electron chi connectivity index (χ2n) is 9.87. The zero-order valence-electron chi connectivity index (χ0n) is 21.3. The molecule has 8 nitrogen and oxygen atoms in total. The Morgan fingerprint density at radius 3 is 2.15 bits per heavy atom. The van der Waals surface area contributed by atoms with Crippen LogP contribution in [0, 0.1) is 5.92 Å². The van der Waals surface area contributed by atoms with Crippen molar-refractivity contribution >= 4 is 18.6 Å². The SMILES string of the molecule is COC(=O)C(c1cc(OCCCCOc2ccc(B3OC(C)(C)C(C)(C)O3)cc2)no1)C(C)C. The quantitative estimate of drug-likeness (QED) is 0.274. The number of aromatic nitrogens is 1. The molecule has 3 rings (SSSR count). The second-order valence-corrected chi connectivity index (χ2v) is 9.87. The summed E-state index contributed by atoms with van der Waals surface area (Å²) in [5, 5.41) is 3.90. The normalized spacial score (nSPS) is 17.6. The van der Waals surface area contributed by atoms with E-state index in [0.717, 1.165) is 24.1 Å². The molecule has 0 radical (unpaired) electrons. The molecule has 0 bridgehead atoms. The molecule has 0 saturated carbocycles. The highest BCUT2D eigenvalue weighted by Gasteiger charge is 2.51. The minimum Gasteiger partial charge on any atom is -0.494 e. The van der Waals surface area contributed by atoms with Gasteiger partial charge in [0.05, 0.1) is 31.5 Å². The van der Waals surface area contributed by atoms with Crippen LogP contribution in [0.5, 0.6) is 11.6 Å². The molecule has 2 aromatic rings. The fourth-order valence-electron chi connectivity index (χ4n) is 3.60. The number of carbonyl (C=O) groups is 1. The van der Waals surface area contributed by atoms with Gasteiger partial charge < -0.3 is 28.0 Å². The number of methoxy groups -OCH3 is 1. The summed E-state index contributed by atoms with van der Waals surface area (Å²) in [6.45, 7) is 13.1. The molecule has 0 amide bonds. The molecular weight excluding hydrogens is 437 g/mol. The Labute approximate surface area is 202 Å². The fraction of sp³-hybridized carbons (Fsp3) is 0.600.